The number of esters is 1. The molecule has 0 aromatic rings. The van der Waals surface area contributed by atoms with Crippen LogP contribution in [0.1, 0.15) is 406 Å². The van der Waals surface area contributed by atoms with E-state index in [1.807, 2.05) is 6.08 Å². The van der Waals surface area contributed by atoms with Crippen LogP contribution in [0.3, 0.4) is 0 Å². The summed E-state index contributed by atoms with van der Waals surface area (Å²) in [4.78, 5) is 24.5. The number of aliphatic hydroxyl groups excluding tert-OH is 2. The van der Waals surface area contributed by atoms with Crippen LogP contribution in [-0.4, -0.2) is 47.4 Å². The molecule has 0 aromatic heterocycles. The highest BCUT2D eigenvalue weighted by atomic mass is 16.5. The summed E-state index contributed by atoms with van der Waals surface area (Å²) >= 11 is 0. The van der Waals surface area contributed by atoms with Crippen LogP contribution in [-0.2, 0) is 14.3 Å². The average molecular weight is 1140 g/mol. The number of aliphatic hydroxyl groups is 2. The summed E-state index contributed by atoms with van der Waals surface area (Å²) in [7, 11) is 0. The first-order valence-electron chi connectivity index (χ1n) is 36.8. The number of amides is 1. The van der Waals surface area contributed by atoms with Crippen molar-refractivity contribution >= 4 is 11.9 Å². The van der Waals surface area contributed by atoms with Gasteiger partial charge in [0.25, 0.3) is 0 Å². The van der Waals surface area contributed by atoms with Crippen LogP contribution in [0.25, 0.3) is 0 Å². The summed E-state index contributed by atoms with van der Waals surface area (Å²) in [6, 6.07) is -0.626. The third-order valence-corrected chi connectivity index (χ3v) is 17.2. The van der Waals surface area contributed by atoms with Gasteiger partial charge in [0, 0.05) is 12.8 Å². The Hall–Kier alpha value is -1.92. The fraction of sp³-hybridized carbons (Fsp3) is 0.893. The van der Waals surface area contributed by atoms with Crippen molar-refractivity contribution in [2.75, 3.05) is 13.2 Å². The van der Waals surface area contributed by atoms with Gasteiger partial charge in [0.15, 0.2) is 0 Å². The molecule has 0 aliphatic rings. The molecule has 0 radical (unpaired) electrons. The van der Waals surface area contributed by atoms with E-state index in [0.29, 0.717) is 19.4 Å². The zero-order valence-electron chi connectivity index (χ0n) is 54.8. The first-order chi connectivity index (χ1) is 40.0. The van der Waals surface area contributed by atoms with Gasteiger partial charge in [0.2, 0.25) is 5.91 Å². The maximum atomic E-state index is 12.5. The fourth-order valence-electron chi connectivity index (χ4n) is 11.6. The van der Waals surface area contributed by atoms with Gasteiger partial charge < -0.3 is 20.3 Å². The first kappa shape index (κ1) is 79.1. The Morgan fingerprint density at radius 3 is 0.938 bits per heavy atom. The average Bonchev–Trinajstić information content (AvgIpc) is 3.47. The summed E-state index contributed by atoms with van der Waals surface area (Å²) in [6.45, 7) is 4.93. The zero-order chi connectivity index (χ0) is 58.5. The van der Waals surface area contributed by atoms with E-state index >= 15 is 0 Å². The Bertz CT molecular complexity index is 1310. The molecule has 0 fully saturated rings. The van der Waals surface area contributed by atoms with Crippen molar-refractivity contribution in [2.45, 2.75) is 418 Å². The Kier molecular flexibility index (Phi) is 68.9. The van der Waals surface area contributed by atoms with Gasteiger partial charge in [-0.3, -0.25) is 9.59 Å². The molecule has 0 bridgehead atoms. The lowest BCUT2D eigenvalue weighted by atomic mass is 10.0. The minimum Gasteiger partial charge on any atom is -0.466 e. The summed E-state index contributed by atoms with van der Waals surface area (Å²) in [5.74, 6) is -0.0433. The van der Waals surface area contributed by atoms with Crippen LogP contribution < -0.4 is 5.32 Å². The van der Waals surface area contributed by atoms with Gasteiger partial charge in [-0.25, -0.2) is 0 Å². The van der Waals surface area contributed by atoms with Gasteiger partial charge >= 0.3 is 5.97 Å². The molecule has 81 heavy (non-hydrogen) atoms. The lowest BCUT2D eigenvalue weighted by Gasteiger charge is -2.20. The van der Waals surface area contributed by atoms with Crippen molar-refractivity contribution in [2.24, 2.45) is 0 Å². The predicted octanol–water partition coefficient (Wildman–Crippen LogP) is 23.9. The molecule has 2 atom stereocenters. The Morgan fingerprint density at radius 2 is 0.617 bits per heavy atom. The molecule has 6 nitrogen and oxygen atoms in total. The molecule has 0 saturated carbocycles. The maximum absolute atomic E-state index is 12.5. The lowest BCUT2D eigenvalue weighted by molar-refractivity contribution is -0.143. The third-order valence-electron chi connectivity index (χ3n) is 17.2. The van der Waals surface area contributed by atoms with Crippen molar-refractivity contribution in [3.05, 3.63) is 36.5 Å². The molecular formula is C75H143NO5. The van der Waals surface area contributed by atoms with Crippen molar-refractivity contribution < 1.29 is 24.5 Å². The van der Waals surface area contributed by atoms with E-state index < -0.39 is 12.1 Å². The van der Waals surface area contributed by atoms with Crippen molar-refractivity contribution in [1.29, 1.82) is 0 Å². The topological polar surface area (TPSA) is 95.9 Å². The molecule has 0 saturated heterocycles. The van der Waals surface area contributed by atoms with E-state index in [1.54, 1.807) is 6.08 Å². The SMILES string of the molecule is CCCCCCCCCCCCCCC/C=C/C(O)C(CO)NC(=O)CCCCCCCCCCCCCCCCCCC/C=C\C/C=C\CCCCCCCCCCCCCCCOC(=O)CCCCCCCCCCCCCC. The quantitative estimate of drug-likeness (QED) is 0.0320. The Morgan fingerprint density at radius 1 is 0.346 bits per heavy atom. The molecule has 3 N–H and O–H groups in total. The molecule has 2 unspecified atom stereocenters. The molecule has 0 aliphatic carbocycles. The van der Waals surface area contributed by atoms with Crippen molar-refractivity contribution in [3.8, 4) is 0 Å². The summed E-state index contributed by atoms with van der Waals surface area (Å²) < 4.78 is 5.48. The molecule has 0 heterocycles. The number of ether oxygens (including phenoxy) is 1. The summed E-state index contributed by atoms with van der Waals surface area (Å²) in [6.07, 6.45) is 91.1. The molecule has 0 spiro atoms. The predicted molar refractivity (Wildman–Crippen MR) is 356 cm³/mol. The van der Waals surface area contributed by atoms with E-state index in [0.717, 1.165) is 44.9 Å². The van der Waals surface area contributed by atoms with Gasteiger partial charge in [-0.1, -0.05) is 365 Å². The minimum atomic E-state index is -0.842. The van der Waals surface area contributed by atoms with Crippen LogP contribution in [0.4, 0.5) is 0 Å². The maximum Gasteiger partial charge on any atom is 0.305 e. The normalized spacial score (nSPS) is 12.7. The largest absolute Gasteiger partial charge is 0.466 e. The Balaban J connectivity index is 3.37. The minimum absolute atomic E-state index is 0.0196. The standard InChI is InChI=1S/C75H143NO5/c1-3-5-7-9-11-13-15-17-41-44-47-51-55-59-63-67-73(78)72(71-77)76-74(79)68-64-60-56-52-48-45-42-39-37-35-33-31-29-27-25-23-21-19-18-20-22-24-26-28-30-32-34-36-38-40-43-46-50-54-58-62-66-70-81-75(80)69-65-61-57-53-49-16-14-12-10-8-6-4-2/h18,20,24,26,63,67,72-73,77-78H,3-17,19,21-23,25,27-62,64-66,68-71H2,1-2H3,(H,76,79)/b20-18-,26-24-,67-63+. The number of carbonyl (C=O) groups excluding carboxylic acids is 2. The summed E-state index contributed by atoms with van der Waals surface area (Å²) in [5.41, 5.74) is 0. The van der Waals surface area contributed by atoms with E-state index in [9.17, 15) is 19.8 Å². The van der Waals surface area contributed by atoms with Gasteiger partial charge in [-0.15, -0.1) is 0 Å². The molecule has 6 heteroatoms. The second-order valence-corrected chi connectivity index (χ2v) is 25.3. The van der Waals surface area contributed by atoms with Crippen molar-refractivity contribution in [3.63, 3.8) is 0 Å². The number of hydrogen-bond acceptors (Lipinski definition) is 5. The first-order valence-corrected chi connectivity index (χ1v) is 36.8. The smallest absolute Gasteiger partial charge is 0.305 e. The number of unbranched alkanes of at least 4 members (excludes halogenated alkanes) is 54. The molecule has 478 valence electrons. The number of nitrogens with one attached hydrogen (secondary N) is 1. The van der Waals surface area contributed by atoms with Crippen LogP contribution in [0.15, 0.2) is 36.5 Å². The number of rotatable bonds is 69. The molecule has 0 aromatic carbocycles. The number of hydrogen-bond donors (Lipinski definition) is 3. The Labute approximate surface area is 506 Å². The number of carbonyl (C=O) groups is 2. The number of allylic oxidation sites excluding steroid dienone is 5. The van der Waals surface area contributed by atoms with Gasteiger partial charge in [-0.05, 0) is 64.2 Å². The lowest BCUT2D eigenvalue weighted by Crippen LogP contribution is -2.45. The highest BCUT2D eigenvalue weighted by Gasteiger charge is 2.18. The van der Waals surface area contributed by atoms with E-state index in [4.69, 9.17) is 4.74 Å². The van der Waals surface area contributed by atoms with Gasteiger partial charge in [0.05, 0.1) is 25.4 Å². The fourth-order valence-corrected chi connectivity index (χ4v) is 11.6. The van der Waals surface area contributed by atoms with E-state index in [-0.39, 0.29) is 18.5 Å². The summed E-state index contributed by atoms with van der Waals surface area (Å²) in [5, 5.41) is 23.2. The second kappa shape index (κ2) is 70.6. The van der Waals surface area contributed by atoms with Gasteiger partial charge in [-0.2, -0.15) is 0 Å². The van der Waals surface area contributed by atoms with Crippen LogP contribution in [0, 0.1) is 0 Å². The highest BCUT2D eigenvalue weighted by molar-refractivity contribution is 5.76. The van der Waals surface area contributed by atoms with Crippen LogP contribution in [0.2, 0.25) is 0 Å². The zero-order valence-corrected chi connectivity index (χ0v) is 54.8. The van der Waals surface area contributed by atoms with E-state index in [1.165, 1.54) is 334 Å². The highest BCUT2D eigenvalue weighted by Crippen LogP contribution is 2.19. The van der Waals surface area contributed by atoms with Crippen LogP contribution >= 0.6 is 0 Å². The third kappa shape index (κ3) is 67.1. The van der Waals surface area contributed by atoms with Crippen molar-refractivity contribution in [1.82, 2.24) is 5.32 Å². The van der Waals surface area contributed by atoms with Crippen LogP contribution in [0.5, 0.6) is 0 Å². The molecule has 0 rings (SSSR count). The molecular weight excluding hydrogens is 995 g/mol. The second-order valence-electron chi connectivity index (χ2n) is 25.3. The monoisotopic (exact) mass is 1140 g/mol. The van der Waals surface area contributed by atoms with Gasteiger partial charge in [0.1, 0.15) is 0 Å². The van der Waals surface area contributed by atoms with E-state index in [2.05, 4.69) is 43.5 Å². The molecule has 1 amide bonds. The molecule has 0 aliphatic heterocycles.